The van der Waals surface area contributed by atoms with Crippen molar-refractivity contribution in [2.75, 3.05) is 25.1 Å². The van der Waals surface area contributed by atoms with Crippen LogP contribution < -0.4 is 5.32 Å². The third kappa shape index (κ3) is 5.69. The first-order valence-electron chi connectivity index (χ1n) is 5.17. The lowest BCUT2D eigenvalue weighted by atomic mass is 10.2. The van der Waals surface area contributed by atoms with Crippen molar-refractivity contribution in [2.24, 2.45) is 7.05 Å². The van der Waals surface area contributed by atoms with Crippen molar-refractivity contribution in [3.8, 4) is 0 Å². The van der Waals surface area contributed by atoms with Crippen LogP contribution in [0.25, 0.3) is 0 Å². The molecular formula is C10H19N3OS. The second-order valence-electron chi connectivity index (χ2n) is 3.65. The van der Waals surface area contributed by atoms with Gasteiger partial charge in [0.25, 0.3) is 0 Å². The molecule has 5 heteroatoms. The van der Waals surface area contributed by atoms with Crippen molar-refractivity contribution in [1.29, 1.82) is 0 Å². The first kappa shape index (κ1) is 12.4. The first-order valence-corrected chi connectivity index (χ1v) is 6.89. The Balaban J connectivity index is 2.00. The summed E-state index contributed by atoms with van der Waals surface area (Å²) < 4.78 is 12.6. The highest BCUT2D eigenvalue weighted by atomic mass is 32.2. The molecule has 0 aliphatic carbocycles. The van der Waals surface area contributed by atoms with Gasteiger partial charge in [0, 0.05) is 36.1 Å². The number of hydrogen-bond donors (Lipinski definition) is 1. The lowest BCUT2D eigenvalue weighted by molar-refractivity contribution is 0.660. The van der Waals surface area contributed by atoms with Gasteiger partial charge >= 0.3 is 0 Å². The Bertz CT molecular complexity index is 311. The van der Waals surface area contributed by atoms with Crippen LogP contribution in [0.2, 0.25) is 0 Å². The molecule has 1 N–H and O–H groups in total. The van der Waals surface area contributed by atoms with Crippen molar-refractivity contribution in [3.63, 3.8) is 0 Å². The molecule has 0 spiro atoms. The Morgan fingerprint density at radius 2 is 2.33 bits per heavy atom. The average molecular weight is 229 g/mol. The van der Waals surface area contributed by atoms with Crippen LogP contribution in [0.1, 0.15) is 12.0 Å². The Kier molecular flexibility index (Phi) is 5.57. The molecule has 1 aromatic heterocycles. The molecule has 0 saturated carbocycles. The molecule has 1 unspecified atom stereocenters. The SMILES string of the molecule is Cn1cc(CCNCCCS(C)=O)cn1. The first-order chi connectivity index (χ1) is 7.18. The number of rotatable bonds is 7. The van der Waals surface area contributed by atoms with E-state index >= 15 is 0 Å². The molecule has 0 saturated heterocycles. The van der Waals surface area contributed by atoms with Crippen LogP contribution >= 0.6 is 0 Å². The van der Waals surface area contributed by atoms with Crippen LogP contribution in [0.3, 0.4) is 0 Å². The molecule has 0 aliphatic rings. The Morgan fingerprint density at radius 3 is 2.93 bits per heavy atom. The highest BCUT2D eigenvalue weighted by Gasteiger charge is 1.96. The van der Waals surface area contributed by atoms with Crippen molar-refractivity contribution in [2.45, 2.75) is 12.8 Å². The van der Waals surface area contributed by atoms with Crippen molar-refractivity contribution in [1.82, 2.24) is 15.1 Å². The summed E-state index contributed by atoms with van der Waals surface area (Å²) in [5, 5.41) is 7.43. The molecule has 0 radical (unpaired) electrons. The molecular weight excluding hydrogens is 210 g/mol. The van der Waals surface area contributed by atoms with Crippen LogP contribution in [0.5, 0.6) is 0 Å². The van der Waals surface area contributed by atoms with E-state index < -0.39 is 10.8 Å². The number of aromatic nitrogens is 2. The van der Waals surface area contributed by atoms with Crippen LogP contribution in [-0.2, 0) is 24.3 Å². The van der Waals surface area contributed by atoms with Gasteiger partial charge in [-0.1, -0.05) is 0 Å². The standard InChI is InChI=1S/C10H19N3OS/c1-13-9-10(8-12-13)4-6-11-5-3-7-15(2)14/h8-9,11H,3-7H2,1-2H3. The summed E-state index contributed by atoms with van der Waals surface area (Å²) in [5.41, 5.74) is 1.25. The van der Waals surface area contributed by atoms with Gasteiger partial charge in [-0.25, -0.2) is 0 Å². The Labute approximate surface area is 93.5 Å². The zero-order valence-electron chi connectivity index (χ0n) is 9.40. The molecule has 1 heterocycles. The highest BCUT2D eigenvalue weighted by Crippen LogP contribution is 1.95. The van der Waals surface area contributed by atoms with Crippen molar-refractivity contribution in [3.05, 3.63) is 18.0 Å². The van der Waals surface area contributed by atoms with Crippen LogP contribution in [0.15, 0.2) is 12.4 Å². The molecule has 0 aromatic carbocycles. The maximum Gasteiger partial charge on any atom is 0.0522 e. The molecule has 0 fully saturated rings. The number of aryl methyl sites for hydroxylation is 1. The van der Waals surface area contributed by atoms with Crippen LogP contribution in [0.4, 0.5) is 0 Å². The summed E-state index contributed by atoms with van der Waals surface area (Å²) in [7, 11) is 1.27. The number of nitrogens with zero attached hydrogens (tertiary/aromatic N) is 2. The van der Waals surface area contributed by atoms with Gasteiger partial charge < -0.3 is 5.32 Å². The van der Waals surface area contributed by atoms with Crippen molar-refractivity contribution < 1.29 is 4.21 Å². The van der Waals surface area contributed by atoms with E-state index in [0.29, 0.717) is 0 Å². The molecule has 1 aromatic rings. The fraction of sp³-hybridized carbons (Fsp3) is 0.700. The second-order valence-corrected chi connectivity index (χ2v) is 5.21. The van der Waals surface area contributed by atoms with Gasteiger partial charge in [-0.2, -0.15) is 5.10 Å². The molecule has 0 bridgehead atoms. The summed E-state index contributed by atoms with van der Waals surface area (Å²) in [6.07, 6.45) is 7.65. The van der Waals surface area contributed by atoms with E-state index in [9.17, 15) is 4.21 Å². The van der Waals surface area contributed by atoms with E-state index in [0.717, 1.165) is 31.7 Å². The minimum absolute atomic E-state index is 0.657. The van der Waals surface area contributed by atoms with Gasteiger partial charge in [0.2, 0.25) is 0 Å². The summed E-state index contributed by atoms with van der Waals surface area (Å²) in [6.45, 7) is 1.90. The second kappa shape index (κ2) is 6.74. The number of nitrogens with one attached hydrogen (secondary N) is 1. The molecule has 4 nitrogen and oxygen atoms in total. The summed E-state index contributed by atoms with van der Waals surface area (Å²) in [4.78, 5) is 0. The van der Waals surface area contributed by atoms with Gasteiger partial charge in [0.15, 0.2) is 0 Å². The zero-order valence-corrected chi connectivity index (χ0v) is 10.2. The predicted molar refractivity (Wildman–Crippen MR) is 63.3 cm³/mol. The summed E-state index contributed by atoms with van der Waals surface area (Å²) >= 11 is 0. The minimum Gasteiger partial charge on any atom is -0.316 e. The molecule has 0 amide bonds. The van der Waals surface area contributed by atoms with Gasteiger partial charge in [0.05, 0.1) is 6.20 Å². The van der Waals surface area contributed by atoms with E-state index in [1.165, 1.54) is 5.56 Å². The Hall–Kier alpha value is -0.680. The molecule has 0 aliphatic heterocycles. The minimum atomic E-state index is -0.657. The zero-order chi connectivity index (χ0) is 11.1. The maximum absolute atomic E-state index is 10.8. The van der Waals surface area contributed by atoms with E-state index in [-0.39, 0.29) is 0 Å². The summed E-state index contributed by atoms with van der Waals surface area (Å²) in [6, 6.07) is 0. The summed E-state index contributed by atoms with van der Waals surface area (Å²) in [5.74, 6) is 0.792. The van der Waals surface area contributed by atoms with Crippen LogP contribution in [0, 0.1) is 0 Å². The Morgan fingerprint density at radius 1 is 1.53 bits per heavy atom. The van der Waals surface area contributed by atoms with Crippen molar-refractivity contribution >= 4 is 10.8 Å². The molecule has 15 heavy (non-hydrogen) atoms. The lowest BCUT2D eigenvalue weighted by Gasteiger charge is -2.02. The quantitative estimate of drug-likeness (QED) is 0.685. The van der Waals surface area contributed by atoms with E-state index in [1.807, 2.05) is 24.1 Å². The number of hydrogen-bond acceptors (Lipinski definition) is 3. The average Bonchev–Trinajstić information content (AvgIpc) is 2.57. The van der Waals surface area contributed by atoms with Gasteiger partial charge in [0.1, 0.15) is 0 Å². The maximum atomic E-state index is 10.8. The van der Waals surface area contributed by atoms with E-state index in [4.69, 9.17) is 0 Å². The van der Waals surface area contributed by atoms with Crippen LogP contribution in [-0.4, -0.2) is 39.1 Å². The lowest BCUT2D eigenvalue weighted by Crippen LogP contribution is -2.19. The monoisotopic (exact) mass is 229 g/mol. The molecule has 86 valence electrons. The third-order valence-electron chi connectivity index (χ3n) is 2.13. The normalized spacial score (nSPS) is 12.9. The third-order valence-corrected chi connectivity index (χ3v) is 3.00. The van der Waals surface area contributed by atoms with E-state index in [1.54, 1.807) is 6.26 Å². The van der Waals surface area contributed by atoms with Gasteiger partial charge in [-0.15, -0.1) is 0 Å². The van der Waals surface area contributed by atoms with E-state index in [2.05, 4.69) is 10.4 Å². The molecule has 1 rings (SSSR count). The molecule has 1 atom stereocenters. The fourth-order valence-electron chi connectivity index (χ4n) is 1.36. The topological polar surface area (TPSA) is 46.9 Å². The smallest absolute Gasteiger partial charge is 0.0522 e. The largest absolute Gasteiger partial charge is 0.316 e. The van der Waals surface area contributed by atoms with Gasteiger partial charge in [-0.05, 0) is 31.5 Å². The fourth-order valence-corrected chi connectivity index (χ4v) is 1.91. The van der Waals surface area contributed by atoms with Gasteiger partial charge in [-0.3, -0.25) is 8.89 Å². The predicted octanol–water partition coefficient (Wildman–Crippen LogP) is 0.321. The highest BCUT2D eigenvalue weighted by molar-refractivity contribution is 7.84.